The summed E-state index contributed by atoms with van der Waals surface area (Å²) >= 11 is 6.04. The molecule has 2 atom stereocenters. The van der Waals surface area contributed by atoms with E-state index in [9.17, 15) is 27.9 Å². The third-order valence-electron chi connectivity index (χ3n) is 6.93. The van der Waals surface area contributed by atoms with Gasteiger partial charge in [0, 0.05) is 12.1 Å². The van der Waals surface area contributed by atoms with Crippen molar-refractivity contribution in [1.29, 1.82) is 0 Å². The number of aromatic nitrogens is 2. The number of halogens is 5. The fourth-order valence-electron chi connectivity index (χ4n) is 5.46. The van der Waals surface area contributed by atoms with Crippen LogP contribution in [0.2, 0.25) is 5.02 Å². The minimum atomic E-state index is -4.84. The predicted octanol–water partition coefficient (Wildman–Crippen LogP) is 5.76. The van der Waals surface area contributed by atoms with Gasteiger partial charge in [-0.3, -0.25) is 9.59 Å². The van der Waals surface area contributed by atoms with Gasteiger partial charge in [0.2, 0.25) is 0 Å². The van der Waals surface area contributed by atoms with Gasteiger partial charge in [0.05, 0.1) is 33.0 Å². The zero-order valence-electron chi connectivity index (χ0n) is 18.2. The number of fused-ring (bicyclic) bond motifs is 3. The first-order valence-electron chi connectivity index (χ1n) is 11.2. The number of aliphatic carboxylic acids is 1. The van der Waals surface area contributed by atoms with Crippen LogP contribution in [0.1, 0.15) is 48.0 Å². The number of hydrogen-bond acceptors (Lipinski definition) is 4. The van der Waals surface area contributed by atoms with E-state index in [4.69, 9.17) is 11.6 Å². The lowest BCUT2D eigenvalue weighted by Crippen LogP contribution is -2.53. The van der Waals surface area contributed by atoms with E-state index in [1.165, 1.54) is 24.3 Å². The number of rotatable bonds is 3. The van der Waals surface area contributed by atoms with Crippen LogP contribution in [0.15, 0.2) is 36.4 Å². The maximum Gasteiger partial charge on any atom is 0.417 e. The molecule has 184 valence electrons. The minimum absolute atomic E-state index is 0.00661. The van der Waals surface area contributed by atoms with E-state index in [1.54, 1.807) is 0 Å². The topological polar surface area (TPSA) is 75.4 Å². The highest BCUT2D eigenvalue weighted by Gasteiger charge is 2.43. The van der Waals surface area contributed by atoms with Crippen molar-refractivity contribution in [2.24, 2.45) is 5.92 Å². The number of anilines is 1. The lowest BCUT2D eigenvalue weighted by molar-refractivity contribution is -0.143. The summed E-state index contributed by atoms with van der Waals surface area (Å²) in [5.41, 5.74) is -1.97. The monoisotopic (exact) mass is 509 g/mol. The summed E-state index contributed by atoms with van der Waals surface area (Å²) in [6.07, 6.45) is -1.97. The van der Waals surface area contributed by atoms with Crippen molar-refractivity contribution < 1.29 is 32.3 Å². The lowest BCUT2D eigenvalue weighted by Gasteiger charge is -2.48. The van der Waals surface area contributed by atoms with Crippen molar-refractivity contribution in [3.8, 4) is 0 Å². The molecule has 2 saturated heterocycles. The van der Waals surface area contributed by atoms with Crippen molar-refractivity contribution in [2.75, 3.05) is 4.90 Å². The number of nitrogens with zero attached hydrogens (tertiary/aromatic N) is 3. The summed E-state index contributed by atoms with van der Waals surface area (Å²) < 4.78 is 56.9. The van der Waals surface area contributed by atoms with Crippen LogP contribution in [0, 0.1) is 11.7 Å². The second-order valence-corrected chi connectivity index (χ2v) is 9.39. The Morgan fingerprint density at radius 1 is 1.06 bits per heavy atom. The van der Waals surface area contributed by atoms with Gasteiger partial charge in [0.15, 0.2) is 5.82 Å². The number of benzene rings is 2. The van der Waals surface area contributed by atoms with Crippen molar-refractivity contribution >= 4 is 40.2 Å². The summed E-state index contributed by atoms with van der Waals surface area (Å²) in [5.74, 6) is -3.11. The first kappa shape index (κ1) is 23.6. The van der Waals surface area contributed by atoms with Gasteiger partial charge in [-0.25, -0.2) is 4.39 Å². The summed E-state index contributed by atoms with van der Waals surface area (Å²) in [7, 11) is 0. The molecule has 11 heteroatoms. The van der Waals surface area contributed by atoms with Gasteiger partial charge in [-0.1, -0.05) is 23.7 Å². The standard InChI is InChI=1S/C24H20ClF4N3O3/c25-16-7-2-6-15(24(27,28)29)19(16)22(33)32-18-9-3-8-17(26)20(18)21(30-32)31-13-4-1-5-14(31)11-12(10-13)23(34)35/h2-3,6-9,12-14H,1,4-5,10-11H2,(H,34,35). The molecular weight excluding hydrogens is 490 g/mol. The summed E-state index contributed by atoms with van der Waals surface area (Å²) in [6, 6.07) is 6.51. The van der Waals surface area contributed by atoms with E-state index in [0.29, 0.717) is 25.7 Å². The molecule has 6 nitrogen and oxygen atoms in total. The normalized spacial score (nSPS) is 22.4. The van der Waals surface area contributed by atoms with Gasteiger partial charge in [-0.15, -0.1) is 5.10 Å². The molecule has 0 radical (unpaired) electrons. The third kappa shape index (κ3) is 3.93. The Balaban J connectivity index is 1.67. The van der Waals surface area contributed by atoms with Gasteiger partial charge in [0.1, 0.15) is 5.82 Å². The Kier molecular flexibility index (Phi) is 5.74. The van der Waals surface area contributed by atoms with Crippen molar-refractivity contribution in [3.63, 3.8) is 0 Å². The average Bonchev–Trinajstić information content (AvgIpc) is 3.17. The fourth-order valence-corrected chi connectivity index (χ4v) is 5.71. The van der Waals surface area contributed by atoms with Gasteiger partial charge in [-0.2, -0.15) is 17.9 Å². The molecule has 3 heterocycles. The average molecular weight is 510 g/mol. The summed E-state index contributed by atoms with van der Waals surface area (Å²) in [6.45, 7) is 0. The molecule has 0 spiro atoms. The molecule has 2 unspecified atom stereocenters. The molecule has 2 aliphatic rings. The maximum absolute atomic E-state index is 15.1. The molecule has 2 aromatic carbocycles. The van der Waals surface area contributed by atoms with E-state index in [2.05, 4.69) is 5.10 Å². The molecule has 5 rings (SSSR count). The number of carbonyl (C=O) groups is 2. The molecule has 2 aliphatic heterocycles. The molecule has 35 heavy (non-hydrogen) atoms. The SMILES string of the molecule is O=C(O)C1CC2CCCC(C1)N2c1nn(C(=O)c2c(Cl)cccc2C(F)(F)F)c2cccc(F)c12. The number of hydrogen-bond donors (Lipinski definition) is 1. The molecule has 0 saturated carbocycles. The molecular formula is C24H20ClF4N3O3. The van der Waals surface area contributed by atoms with Gasteiger partial charge in [-0.05, 0) is 56.4 Å². The molecule has 1 aromatic heterocycles. The summed E-state index contributed by atoms with van der Waals surface area (Å²) in [4.78, 5) is 26.9. The zero-order chi connectivity index (χ0) is 25.1. The Bertz CT molecular complexity index is 1330. The molecule has 3 aromatic rings. The van der Waals surface area contributed by atoms with E-state index in [0.717, 1.165) is 23.2 Å². The van der Waals surface area contributed by atoms with E-state index in [-0.39, 0.29) is 28.8 Å². The molecule has 2 fully saturated rings. The van der Waals surface area contributed by atoms with E-state index in [1.807, 2.05) is 4.90 Å². The lowest BCUT2D eigenvalue weighted by atomic mass is 9.78. The Hall–Kier alpha value is -3.14. The minimum Gasteiger partial charge on any atom is -0.481 e. The van der Waals surface area contributed by atoms with Crippen LogP contribution >= 0.6 is 11.6 Å². The van der Waals surface area contributed by atoms with Crippen LogP contribution in [0.3, 0.4) is 0 Å². The van der Waals surface area contributed by atoms with Crippen molar-refractivity contribution in [1.82, 2.24) is 9.78 Å². The van der Waals surface area contributed by atoms with Crippen molar-refractivity contribution in [2.45, 2.75) is 50.4 Å². The van der Waals surface area contributed by atoms with Crippen LogP contribution in [-0.2, 0) is 11.0 Å². The van der Waals surface area contributed by atoms with Crippen LogP contribution < -0.4 is 4.90 Å². The van der Waals surface area contributed by atoms with Gasteiger partial charge >= 0.3 is 12.1 Å². The van der Waals surface area contributed by atoms with E-state index >= 15 is 4.39 Å². The van der Waals surface area contributed by atoms with Gasteiger partial charge < -0.3 is 10.0 Å². The van der Waals surface area contributed by atoms with Crippen LogP contribution in [0.4, 0.5) is 23.4 Å². The Labute approximate surface area is 202 Å². The summed E-state index contributed by atoms with van der Waals surface area (Å²) in [5, 5.41) is 13.5. The first-order valence-corrected chi connectivity index (χ1v) is 11.5. The van der Waals surface area contributed by atoms with E-state index < -0.39 is 45.9 Å². The van der Waals surface area contributed by atoms with Crippen LogP contribution in [0.25, 0.3) is 10.9 Å². The molecule has 0 aliphatic carbocycles. The number of alkyl halides is 3. The molecule has 0 amide bonds. The second kappa shape index (κ2) is 8.51. The predicted molar refractivity (Wildman–Crippen MR) is 120 cm³/mol. The highest BCUT2D eigenvalue weighted by molar-refractivity contribution is 6.34. The fraction of sp³-hybridized carbons (Fsp3) is 0.375. The number of carbonyl (C=O) groups excluding carboxylic acids is 1. The van der Waals surface area contributed by atoms with Crippen LogP contribution in [0.5, 0.6) is 0 Å². The first-order chi connectivity index (χ1) is 16.6. The molecule has 2 bridgehead atoms. The highest BCUT2D eigenvalue weighted by atomic mass is 35.5. The number of piperidine rings is 2. The maximum atomic E-state index is 15.1. The Morgan fingerprint density at radius 3 is 2.34 bits per heavy atom. The number of carboxylic acid groups (broad SMARTS) is 1. The smallest absolute Gasteiger partial charge is 0.417 e. The molecule has 1 N–H and O–H groups in total. The van der Waals surface area contributed by atoms with Crippen molar-refractivity contribution in [3.05, 3.63) is 58.4 Å². The third-order valence-corrected chi connectivity index (χ3v) is 7.25. The van der Waals surface area contributed by atoms with Crippen LogP contribution in [-0.4, -0.2) is 38.8 Å². The zero-order valence-corrected chi connectivity index (χ0v) is 19.0. The Morgan fingerprint density at radius 2 is 1.71 bits per heavy atom. The number of carboxylic acids is 1. The highest BCUT2D eigenvalue weighted by Crippen LogP contribution is 2.43. The van der Waals surface area contributed by atoms with Gasteiger partial charge in [0.25, 0.3) is 5.91 Å². The largest absolute Gasteiger partial charge is 0.481 e. The quantitative estimate of drug-likeness (QED) is 0.454. The second-order valence-electron chi connectivity index (χ2n) is 8.99.